The highest BCUT2D eigenvalue weighted by Gasteiger charge is 2.41. The van der Waals surface area contributed by atoms with Gasteiger partial charge in [0.2, 0.25) is 0 Å². The van der Waals surface area contributed by atoms with Crippen LogP contribution in [0, 0.1) is 0 Å². The molecule has 2 aliphatic heterocycles. The third-order valence-electron chi connectivity index (χ3n) is 5.00. The van der Waals surface area contributed by atoms with Gasteiger partial charge >= 0.3 is 6.09 Å². The summed E-state index contributed by atoms with van der Waals surface area (Å²) in [4.78, 5) is 24.7. The van der Waals surface area contributed by atoms with Crippen LogP contribution in [0.25, 0.3) is 0 Å². The molecule has 1 unspecified atom stereocenters. The van der Waals surface area contributed by atoms with Gasteiger partial charge in [0.05, 0.1) is 0 Å². The van der Waals surface area contributed by atoms with E-state index in [4.69, 9.17) is 16.3 Å². The number of halogens is 1. The molecule has 2 atom stereocenters. The first kappa shape index (κ1) is 19.2. The summed E-state index contributed by atoms with van der Waals surface area (Å²) in [5.74, 6) is 1.17. The Morgan fingerprint density at radius 2 is 1.59 bits per heavy atom. The highest BCUT2D eigenvalue weighted by Crippen LogP contribution is 2.50. The predicted octanol–water partition coefficient (Wildman–Crippen LogP) is 5.54. The number of rotatable bonds is 1. The number of ketones is 1. The minimum absolute atomic E-state index is 0.0303. The second-order valence-electron chi connectivity index (χ2n) is 6.49. The third-order valence-corrected chi connectivity index (χ3v) is 5.23. The summed E-state index contributed by atoms with van der Waals surface area (Å²) in [5.41, 5.74) is 2.37. The van der Waals surface area contributed by atoms with Crippen molar-refractivity contribution in [3.8, 4) is 11.5 Å². The summed E-state index contributed by atoms with van der Waals surface area (Å²) in [6.45, 7) is 6.26. The number of hydrogen-bond acceptors (Lipinski definition) is 3. The second kappa shape index (κ2) is 7.61. The molecule has 0 aromatic heterocycles. The van der Waals surface area contributed by atoms with E-state index in [1.54, 1.807) is 18.2 Å². The average molecular weight is 388 g/mol. The van der Waals surface area contributed by atoms with Gasteiger partial charge in [0.1, 0.15) is 11.5 Å². The Bertz CT molecular complexity index is 896. The van der Waals surface area contributed by atoms with Crippen LogP contribution in [0.5, 0.6) is 11.5 Å². The fraction of sp³-hybridized carbons (Fsp3) is 0.333. The van der Waals surface area contributed by atoms with Gasteiger partial charge in [-0.1, -0.05) is 25.4 Å². The van der Waals surface area contributed by atoms with Crippen LogP contribution < -0.4 is 4.74 Å². The Morgan fingerprint density at radius 1 is 1.04 bits per heavy atom. The Hall–Kier alpha value is -2.53. The first-order valence-electron chi connectivity index (χ1n) is 9.04. The normalized spacial score (nSPS) is 19.5. The molecule has 1 N–H and O–H groups in total. The number of amides is 1. The summed E-state index contributed by atoms with van der Waals surface area (Å²) in [6, 6.07) is 10.8. The topological polar surface area (TPSA) is 66.8 Å². The molecule has 1 fully saturated rings. The molecule has 0 bridgehead atoms. The number of hydrogen-bond donors (Lipinski definition) is 1. The molecule has 5 nitrogen and oxygen atoms in total. The highest BCUT2D eigenvalue weighted by atomic mass is 35.5. The number of nitrogens with zero attached hydrogens (tertiary/aromatic N) is 1. The molecule has 142 valence electrons. The quantitative estimate of drug-likeness (QED) is 0.653. The van der Waals surface area contributed by atoms with Crippen molar-refractivity contribution in [2.24, 2.45) is 0 Å². The highest BCUT2D eigenvalue weighted by molar-refractivity contribution is 6.30. The van der Waals surface area contributed by atoms with Crippen LogP contribution >= 0.6 is 11.6 Å². The van der Waals surface area contributed by atoms with Crippen molar-refractivity contribution in [3.63, 3.8) is 0 Å². The van der Waals surface area contributed by atoms with E-state index in [0.717, 1.165) is 11.1 Å². The molecule has 6 heteroatoms. The minimum atomic E-state index is -0.943. The fourth-order valence-corrected chi connectivity index (χ4v) is 3.94. The Kier molecular flexibility index (Phi) is 5.42. The lowest BCUT2D eigenvalue weighted by molar-refractivity contribution is 0.101. The monoisotopic (exact) mass is 387 g/mol. The number of Topliss-reactive ketones (excluding diaryl/α,β-unsaturated/α-hetero) is 1. The van der Waals surface area contributed by atoms with Crippen LogP contribution in [-0.2, 0) is 0 Å². The molecule has 2 heterocycles. The Balaban J connectivity index is 0.00000102. The average Bonchev–Trinajstić information content (AvgIpc) is 3.05. The summed E-state index contributed by atoms with van der Waals surface area (Å²) in [7, 11) is 0. The van der Waals surface area contributed by atoms with Crippen molar-refractivity contribution in [2.45, 2.75) is 32.6 Å². The molecule has 1 saturated heterocycles. The van der Waals surface area contributed by atoms with Gasteiger partial charge in [0.15, 0.2) is 5.78 Å². The lowest BCUT2D eigenvalue weighted by atomic mass is 9.83. The van der Waals surface area contributed by atoms with E-state index in [1.165, 1.54) is 11.8 Å². The summed E-state index contributed by atoms with van der Waals surface area (Å²) in [6.07, 6.45) is -0.943. The van der Waals surface area contributed by atoms with Crippen LogP contribution in [0.3, 0.4) is 0 Å². The van der Waals surface area contributed by atoms with Gasteiger partial charge in [0, 0.05) is 46.6 Å². The van der Waals surface area contributed by atoms with Crippen LogP contribution in [0.15, 0.2) is 36.4 Å². The molecule has 0 radical (unpaired) electrons. The Morgan fingerprint density at radius 3 is 2.15 bits per heavy atom. The SMILES string of the molecule is CC.CC(=O)c1ccc2c(c1)[C@H]1CN(C(=O)O)CC1c1cc(Cl)ccc1O2. The molecule has 2 aromatic carbocycles. The predicted molar refractivity (Wildman–Crippen MR) is 104 cm³/mol. The zero-order valence-electron chi connectivity index (χ0n) is 15.5. The van der Waals surface area contributed by atoms with Gasteiger partial charge in [-0.3, -0.25) is 4.79 Å². The van der Waals surface area contributed by atoms with E-state index in [1.807, 2.05) is 32.0 Å². The van der Waals surface area contributed by atoms with E-state index < -0.39 is 6.09 Å². The molecule has 0 aliphatic carbocycles. The van der Waals surface area contributed by atoms with Crippen LogP contribution in [0.2, 0.25) is 5.02 Å². The van der Waals surface area contributed by atoms with Gasteiger partial charge in [-0.15, -0.1) is 0 Å². The maximum Gasteiger partial charge on any atom is 0.407 e. The summed E-state index contributed by atoms with van der Waals surface area (Å²) >= 11 is 6.17. The number of carbonyl (C=O) groups is 2. The number of ether oxygens (including phenoxy) is 1. The standard InChI is InChI=1S/C19H16ClNO4.C2H6/c1-10(22)11-2-4-17-13(6-11)15-8-21(19(23)24)9-16(15)14-7-12(20)3-5-18(14)25-17;1-2/h2-7,15-16H,8-9H2,1H3,(H,23,24);1-2H3/t15-,16?;/m1./s1. The van der Waals surface area contributed by atoms with Gasteiger partial charge in [-0.2, -0.15) is 0 Å². The second-order valence-corrected chi connectivity index (χ2v) is 6.93. The number of likely N-dealkylation sites (tertiary alicyclic amines) is 1. The van der Waals surface area contributed by atoms with Crippen LogP contribution in [-0.4, -0.2) is 35.0 Å². The van der Waals surface area contributed by atoms with Crippen molar-refractivity contribution in [1.29, 1.82) is 0 Å². The van der Waals surface area contributed by atoms with Crippen LogP contribution in [0.4, 0.5) is 4.79 Å². The smallest absolute Gasteiger partial charge is 0.407 e. The Labute approximate surface area is 163 Å². The van der Waals surface area contributed by atoms with Gasteiger partial charge < -0.3 is 14.7 Å². The zero-order chi connectivity index (χ0) is 19.7. The van der Waals surface area contributed by atoms with Crippen molar-refractivity contribution < 1.29 is 19.4 Å². The maximum atomic E-state index is 11.8. The third kappa shape index (κ3) is 3.52. The molecule has 0 saturated carbocycles. The van der Waals surface area contributed by atoms with E-state index in [0.29, 0.717) is 35.2 Å². The molecule has 0 spiro atoms. The molecular weight excluding hydrogens is 366 g/mol. The van der Waals surface area contributed by atoms with Crippen molar-refractivity contribution >= 4 is 23.5 Å². The minimum Gasteiger partial charge on any atom is -0.465 e. The van der Waals surface area contributed by atoms with E-state index in [-0.39, 0.29) is 17.6 Å². The molecule has 2 aromatic rings. The molecular formula is C21H22ClNO4. The molecule has 1 amide bonds. The molecule has 2 aliphatic rings. The van der Waals surface area contributed by atoms with Crippen molar-refractivity contribution in [1.82, 2.24) is 4.90 Å². The summed E-state index contributed by atoms with van der Waals surface area (Å²) < 4.78 is 6.09. The summed E-state index contributed by atoms with van der Waals surface area (Å²) in [5, 5.41) is 10.0. The number of carboxylic acid groups (broad SMARTS) is 1. The molecule has 27 heavy (non-hydrogen) atoms. The van der Waals surface area contributed by atoms with Gasteiger partial charge in [-0.05, 0) is 43.3 Å². The largest absolute Gasteiger partial charge is 0.465 e. The lowest BCUT2D eigenvalue weighted by Crippen LogP contribution is -2.26. The van der Waals surface area contributed by atoms with Crippen molar-refractivity contribution in [2.75, 3.05) is 13.1 Å². The number of carbonyl (C=O) groups excluding carboxylic acids is 1. The number of fused-ring (bicyclic) bond motifs is 5. The maximum absolute atomic E-state index is 11.8. The van der Waals surface area contributed by atoms with Gasteiger partial charge in [0.25, 0.3) is 0 Å². The lowest BCUT2D eigenvalue weighted by Gasteiger charge is -2.17. The zero-order valence-corrected chi connectivity index (χ0v) is 16.3. The number of benzene rings is 2. The first-order chi connectivity index (χ1) is 12.9. The van der Waals surface area contributed by atoms with Crippen LogP contribution in [0.1, 0.15) is 54.1 Å². The van der Waals surface area contributed by atoms with E-state index in [9.17, 15) is 14.7 Å². The van der Waals surface area contributed by atoms with Crippen molar-refractivity contribution in [3.05, 3.63) is 58.1 Å². The van der Waals surface area contributed by atoms with Gasteiger partial charge in [-0.25, -0.2) is 4.79 Å². The fourth-order valence-electron chi connectivity index (χ4n) is 3.76. The van der Waals surface area contributed by atoms with E-state index in [2.05, 4.69) is 0 Å². The molecule has 4 rings (SSSR count). The van der Waals surface area contributed by atoms with E-state index >= 15 is 0 Å². The first-order valence-corrected chi connectivity index (χ1v) is 9.42.